The molecule has 9 heteroatoms. The highest BCUT2D eigenvalue weighted by atomic mass is 16.7. The average Bonchev–Trinajstić information content (AvgIpc) is 3.13. The van der Waals surface area contributed by atoms with Gasteiger partial charge in [0.2, 0.25) is 6.79 Å². The number of ether oxygens (including phenoxy) is 3. The SMILES string of the molecule is C=C(C)C(=O)OCCC1CCC(NNC2CC3=C(CC2N=O)OCO3)=C(N)C1. The lowest BCUT2D eigenvalue weighted by molar-refractivity contribution is -0.139. The van der Waals surface area contributed by atoms with Gasteiger partial charge in [0.1, 0.15) is 17.6 Å². The highest BCUT2D eigenvalue weighted by Crippen LogP contribution is 2.33. The maximum atomic E-state index is 11.4. The second kappa shape index (κ2) is 9.09. The van der Waals surface area contributed by atoms with Crippen LogP contribution in [-0.2, 0) is 19.0 Å². The first-order valence-corrected chi connectivity index (χ1v) is 9.59. The van der Waals surface area contributed by atoms with Crippen LogP contribution in [0.25, 0.3) is 0 Å². The molecule has 0 aromatic rings. The third-order valence-corrected chi connectivity index (χ3v) is 5.39. The van der Waals surface area contributed by atoms with Crippen molar-refractivity contribution in [2.75, 3.05) is 13.4 Å². The van der Waals surface area contributed by atoms with Crippen molar-refractivity contribution in [1.82, 2.24) is 10.9 Å². The van der Waals surface area contributed by atoms with E-state index in [2.05, 4.69) is 22.6 Å². The molecule has 0 aromatic heterocycles. The van der Waals surface area contributed by atoms with E-state index >= 15 is 0 Å². The summed E-state index contributed by atoms with van der Waals surface area (Å²) >= 11 is 0. The summed E-state index contributed by atoms with van der Waals surface area (Å²) in [7, 11) is 0. The van der Waals surface area contributed by atoms with E-state index in [1.807, 2.05) is 0 Å². The molecule has 0 spiro atoms. The number of allylic oxidation sites excluding steroid dienone is 2. The van der Waals surface area contributed by atoms with E-state index in [9.17, 15) is 9.70 Å². The number of rotatable bonds is 8. The zero-order valence-electron chi connectivity index (χ0n) is 16.2. The van der Waals surface area contributed by atoms with Gasteiger partial charge in [-0.3, -0.25) is 0 Å². The smallest absolute Gasteiger partial charge is 0.333 e. The van der Waals surface area contributed by atoms with E-state index in [-0.39, 0.29) is 18.8 Å². The van der Waals surface area contributed by atoms with Gasteiger partial charge >= 0.3 is 5.97 Å². The van der Waals surface area contributed by atoms with Gasteiger partial charge in [-0.25, -0.2) is 10.2 Å². The van der Waals surface area contributed by atoms with Crippen molar-refractivity contribution in [2.24, 2.45) is 16.8 Å². The Bertz CT molecular complexity index is 702. The van der Waals surface area contributed by atoms with Gasteiger partial charge in [-0.05, 0) is 38.5 Å². The maximum Gasteiger partial charge on any atom is 0.333 e. The van der Waals surface area contributed by atoms with Gasteiger partial charge in [-0.1, -0.05) is 11.8 Å². The Balaban J connectivity index is 1.46. The summed E-state index contributed by atoms with van der Waals surface area (Å²) in [6, 6.07) is -0.605. The van der Waals surface area contributed by atoms with Crippen LogP contribution < -0.4 is 16.6 Å². The van der Waals surface area contributed by atoms with Crippen LogP contribution in [0.4, 0.5) is 0 Å². The van der Waals surface area contributed by atoms with Crippen LogP contribution in [0.2, 0.25) is 0 Å². The topological polar surface area (TPSA) is 124 Å². The van der Waals surface area contributed by atoms with E-state index in [0.29, 0.717) is 30.9 Å². The molecule has 2 aliphatic carbocycles. The molecule has 1 heterocycles. The first-order chi connectivity index (χ1) is 13.5. The summed E-state index contributed by atoms with van der Waals surface area (Å²) in [6.07, 6.45) is 4.23. The molecule has 3 atom stereocenters. The largest absolute Gasteiger partial charge is 0.462 e. The highest BCUT2D eigenvalue weighted by Gasteiger charge is 2.36. The van der Waals surface area contributed by atoms with Crippen molar-refractivity contribution in [3.8, 4) is 0 Å². The molecular weight excluding hydrogens is 364 g/mol. The number of carbonyl (C=O) groups is 1. The molecule has 3 aliphatic rings. The minimum absolute atomic E-state index is 0.183. The summed E-state index contributed by atoms with van der Waals surface area (Å²) in [5.74, 6) is 1.54. The quantitative estimate of drug-likeness (QED) is 0.248. The zero-order chi connectivity index (χ0) is 20.1. The molecular formula is C19H28N4O5. The molecule has 28 heavy (non-hydrogen) atoms. The van der Waals surface area contributed by atoms with Gasteiger partial charge in [0, 0.05) is 29.8 Å². The van der Waals surface area contributed by atoms with E-state index < -0.39 is 6.04 Å². The molecule has 0 aromatic carbocycles. The second-order valence-electron chi connectivity index (χ2n) is 7.53. The Morgan fingerprint density at radius 1 is 1.32 bits per heavy atom. The highest BCUT2D eigenvalue weighted by molar-refractivity contribution is 5.86. The molecule has 0 radical (unpaired) electrons. The standard InChI is InChI=1S/C19H28N4O5/c1-11(2)19(24)26-6-5-12-3-4-14(13(20)7-12)21-22-15-8-17-18(28-10-27-17)9-16(15)23-25/h12,15-16,21-22H,1,3-10,20H2,2H3. The van der Waals surface area contributed by atoms with Crippen LogP contribution in [0.5, 0.6) is 0 Å². The Hall–Kier alpha value is -2.55. The summed E-state index contributed by atoms with van der Waals surface area (Å²) in [4.78, 5) is 22.6. The lowest BCUT2D eigenvalue weighted by atomic mass is 9.88. The predicted octanol–water partition coefficient (Wildman–Crippen LogP) is 2.07. The van der Waals surface area contributed by atoms with Crippen molar-refractivity contribution < 1.29 is 19.0 Å². The molecule has 3 rings (SSSR count). The van der Waals surface area contributed by atoms with E-state index in [4.69, 9.17) is 19.9 Å². The molecule has 4 N–H and O–H groups in total. The first-order valence-electron chi connectivity index (χ1n) is 9.59. The van der Waals surface area contributed by atoms with Crippen LogP contribution >= 0.6 is 0 Å². The summed E-state index contributed by atoms with van der Waals surface area (Å²) in [5, 5.41) is 3.23. The number of hydrogen-bond acceptors (Lipinski definition) is 9. The van der Waals surface area contributed by atoms with Crippen LogP contribution in [0.3, 0.4) is 0 Å². The third-order valence-electron chi connectivity index (χ3n) is 5.39. The van der Waals surface area contributed by atoms with Gasteiger partial charge < -0.3 is 25.4 Å². The number of nitrogens with one attached hydrogen (secondary N) is 2. The summed E-state index contributed by atoms with van der Waals surface area (Å²) < 4.78 is 16.0. The minimum atomic E-state index is -0.422. The van der Waals surface area contributed by atoms with Crippen molar-refractivity contribution in [3.05, 3.63) is 40.0 Å². The molecule has 154 valence electrons. The molecule has 0 saturated carbocycles. The number of carbonyl (C=O) groups excluding carboxylic acids is 1. The van der Waals surface area contributed by atoms with E-state index in [1.165, 1.54) is 0 Å². The normalized spacial score (nSPS) is 26.8. The van der Waals surface area contributed by atoms with Crippen LogP contribution in [0, 0.1) is 10.8 Å². The monoisotopic (exact) mass is 392 g/mol. The Morgan fingerprint density at radius 3 is 2.75 bits per heavy atom. The molecule has 3 unspecified atom stereocenters. The number of nitrogens with two attached hydrogens (primary N) is 1. The fourth-order valence-corrected chi connectivity index (χ4v) is 3.66. The van der Waals surface area contributed by atoms with Gasteiger partial charge in [-0.15, -0.1) is 0 Å². The van der Waals surface area contributed by atoms with Crippen LogP contribution in [-0.4, -0.2) is 31.5 Å². The minimum Gasteiger partial charge on any atom is -0.462 e. The van der Waals surface area contributed by atoms with Gasteiger partial charge in [-0.2, -0.15) is 4.91 Å². The lowest BCUT2D eigenvalue weighted by Gasteiger charge is -2.30. The Morgan fingerprint density at radius 2 is 2.07 bits per heavy atom. The van der Waals surface area contributed by atoms with Gasteiger partial charge in [0.05, 0.1) is 12.6 Å². The fraction of sp³-hybridized carbons (Fsp3) is 0.632. The molecule has 0 saturated heterocycles. The van der Waals surface area contributed by atoms with Gasteiger partial charge in [0.25, 0.3) is 0 Å². The number of esters is 1. The number of hydrazine groups is 1. The zero-order valence-corrected chi connectivity index (χ0v) is 16.2. The lowest BCUT2D eigenvalue weighted by Crippen LogP contribution is -2.49. The Labute approximate surface area is 164 Å². The second-order valence-corrected chi connectivity index (χ2v) is 7.53. The van der Waals surface area contributed by atoms with Crippen molar-refractivity contribution >= 4 is 5.97 Å². The predicted molar refractivity (Wildman–Crippen MR) is 102 cm³/mol. The van der Waals surface area contributed by atoms with Crippen LogP contribution in [0.15, 0.2) is 40.2 Å². The Kier molecular flexibility index (Phi) is 6.56. The van der Waals surface area contributed by atoms with E-state index in [0.717, 1.165) is 48.6 Å². The van der Waals surface area contributed by atoms with Crippen molar-refractivity contribution in [1.29, 1.82) is 0 Å². The number of nitroso groups, excluding NO2 is 1. The van der Waals surface area contributed by atoms with Gasteiger partial charge in [0.15, 0.2) is 0 Å². The van der Waals surface area contributed by atoms with E-state index in [1.54, 1.807) is 6.92 Å². The average molecular weight is 392 g/mol. The third kappa shape index (κ3) is 4.83. The van der Waals surface area contributed by atoms with Crippen LogP contribution in [0.1, 0.15) is 45.4 Å². The molecule has 1 aliphatic heterocycles. The maximum absolute atomic E-state index is 11.4. The van der Waals surface area contributed by atoms with Crippen molar-refractivity contribution in [3.63, 3.8) is 0 Å². The van der Waals surface area contributed by atoms with Crippen molar-refractivity contribution in [2.45, 2.75) is 57.5 Å². The summed E-state index contributed by atoms with van der Waals surface area (Å²) in [5.41, 5.74) is 14.7. The molecule has 0 bridgehead atoms. The fourth-order valence-electron chi connectivity index (χ4n) is 3.66. The first kappa shape index (κ1) is 20.2. The molecule has 9 nitrogen and oxygen atoms in total. The number of nitrogens with zero attached hydrogens (tertiary/aromatic N) is 1. The molecule has 0 amide bonds. The molecule has 0 fully saturated rings. The summed E-state index contributed by atoms with van der Waals surface area (Å²) in [6.45, 7) is 5.78. The number of hydrogen-bond donors (Lipinski definition) is 3.